The van der Waals surface area contributed by atoms with Gasteiger partial charge in [0.1, 0.15) is 11.6 Å². The van der Waals surface area contributed by atoms with Crippen LogP contribution < -0.4 is 16.4 Å². The number of halogens is 2. The van der Waals surface area contributed by atoms with Gasteiger partial charge in [0.15, 0.2) is 5.82 Å². The summed E-state index contributed by atoms with van der Waals surface area (Å²) in [4.78, 5) is 41.6. The van der Waals surface area contributed by atoms with Crippen molar-refractivity contribution in [2.75, 3.05) is 5.73 Å². The highest BCUT2D eigenvalue weighted by Gasteiger charge is 2.31. The van der Waals surface area contributed by atoms with Gasteiger partial charge in [-0.3, -0.25) is 19.7 Å². The molecule has 0 bridgehead atoms. The molecule has 1 aromatic carbocycles. The average molecular weight is 351 g/mol. The maximum absolute atomic E-state index is 13.5. The zero-order valence-electron chi connectivity index (χ0n) is 13.2. The van der Waals surface area contributed by atoms with Crippen molar-refractivity contribution in [1.29, 1.82) is 0 Å². The number of carbonyl (C=O) groups excluding carboxylic acids is 3. The number of anilines is 1. The van der Waals surface area contributed by atoms with Gasteiger partial charge in [0.05, 0.1) is 11.1 Å². The standard InChI is InChI=1S/C15H15F2N5O3/c1-15(16,17)14-20-9-5-6(18)4-7(11(9)22-14)12(24)19-8-2-3-10(23)21-13(8)25/h4-5,8H,2-3,18H2,1H3,(H,19,24)(H,20,22)(H,21,23,25). The summed E-state index contributed by atoms with van der Waals surface area (Å²) in [6.07, 6.45) is 0.248. The van der Waals surface area contributed by atoms with Crippen molar-refractivity contribution in [3.63, 3.8) is 0 Å². The Kier molecular flexibility index (Phi) is 3.90. The molecule has 1 saturated heterocycles. The van der Waals surface area contributed by atoms with Gasteiger partial charge in [-0.1, -0.05) is 0 Å². The second-order valence-corrected chi connectivity index (χ2v) is 5.92. The number of benzene rings is 1. The van der Waals surface area contributed by atoms with E-state index in [9.17, 15) is 23.2 Å². The number of carbonyl (C=O) groups is 3. The number of nitrogens with one attached hydrogen (secondary N) is 3. The normalized spacial score (nSPS) is 18.3. The number of nitrogens with zero attached hydrogens (tertiary/aromatic N) is 1. The third-order valence-corrected chi connectivity index (χ3v) is 3.81. The van der Waals surface area contributed by atoms with Gasteiger partial charge >= 0.3 is 5.92 Å². The van der Waals surface area contributed by atoms with Gasteiger partial charge in [0, 0.05) is 19.0 Å². The lowest BCUT2D eigenvalue weighted by molar-refractivity contribution is -0.134. The lowest BCUT2D eigenvalue weighted by Crippen LogP contribution is -2.52. The number of piperidine rings is 1. The number of imide groups is 1. The predicted octanol–water partition coefficient (Wildman–Crippen LogP) is 0.792. The zero-order chi connectivity index (χ0) is 18.4. The molecule has 25 heavy (non-hydrogen) atoms. The van der Waals surface area contributed by atoms with Crippen LogP contribution in [0.5, 0.6) is 0 Å². The smallest absolute Gasteiger partial charge is 0.301 e. The first-order valence-electron chi connectivity index (χ1n) is 7.47. The molecule has 1 aromatic heterocycles. The SMILES string of the molecule is CC(F)(F)c1nc2c(C(=O)NC3CCC(=O)NC3=O)cc(N)cc2[nH]1. The maximum atomic E-state index is 13.5. The molecule has 0 aliphatic carbocycles. The van der Waals surface area contributed by atoms with E-state index in [2.05, 4.69) is 20.6 Å². The molecule has 8 nitrogen and oxygen atoms in total. The molecular weight excluding hydrogens is 336 g/mol. The van der Waals surface area contributed by atoms with Gasteiger partial charge in [-0.15, -0.1) is 0 Å². The van der Waals surface area contributed by atoms with E-state index in [0.717, 1.165) is 0 Å². The Morgan fingerprint density at radius 1 is 1.40 bits per heavy atom. The minimum Gasteiger partial charge on any atom is -0.399 e. The van der Waals surface area contributed by atoms with Crippen LogP contribution in [-0.4, -0.2) is 33.7 Å². The number of alkyl halides is 2. The van der Waals surface area contributed by atoms with Crippen LogP contribution in [0.2, 0.25) is 0 Å². The molecule has 3 rings (SSSR count). The monoisotopic (exact) mass is 351 g/mol. The lowest BCUT2D eigenvalue weighted by atomic mass is 10.0. The van der Waals surface area contributed by atoms with Crippen LogP contribution in [0.15, 0.2) is 12.1 Å². The van der Waals surface area contributed by atoms with Crippen LogP contribution in [0, 0.1) is 0 Å². The molecule has 1 fully saturated rings. The predicted molar refractivity (Wildman–Crippen MR) is 83.7 cm³/mol. The topological polar surface area (TPSA) is 130 Å². The quantitative estimate of drug-likeness (QED) is 0.480. The van der Waals surface area contributed by atoms with E-state index in [4.69, 9.17) is 5.73 Å². The molecule has 1 unspecified atom stereocenters. The van der Waals surface area contributed by atoms with Gasteiger partial charge in [0.2, 0.25) is 11.8 Å². The summed E-state index contributed by atoms with van der Waals surface area (Å²) in [6, 6.07) is 1.79. The van der Waals surface area contributed by atoms with Crippen molar-refractivity contribution < 1.29 is 23.2 Å². The summed E-state index contributed by atoms with van der Waals surface area (Å²) in [5, 5.41) is 4.59. The van der Waals surface area contributed by atoms with Crippen molar-refractivity contribution in [3.8, 4) is 0 Å². The van der Waals surface area contributed by atoms with E-state index >= 15 is 0 Å². The molecule has 5 N–H and O–H groups in total. The van der Waals surface area contributed by atoms with Crippen LogP contribution >= 0.6 is 0 Å². The third-order valence-electron chi connectivity index (χ3n) is 3.81. The Balaban J connectivity index is 1.94. The van der Waals surface area contributed by atoms with Gasteiger partial charge < -0.3 is 16.0 Å². The van der Waals surface area contributed by atoms with E-state index in [-0.39, 0.29) is 35.1 Å². The molecule has 3 amide bonds. The summed E-state index contributed by atoms with van der Waals surface area (Å²) in [5.74, 6) is -5.53. The number of nitrogens with two attached hydrogens (primary N) is 1. The summed E-state index contributed by atoms with van der Waals surface area (Å²) >= 11 is 0. The minimum atomic E-state index is -3.22. The highest BCUT2D eigenvalue weighted by atomic mass is 19.3. The van der Waals surface area contributed by atoms with Crippen LogP contribution in [0.25, 0.3) is 11.0 Å². The molecule has 2 heterocycles. The molecular formula is C15H15F2N5O3. The highest BCUT2D eigenvalue weighted by molar-refractivity contribution is 6.09. The Morgan fingerprint density at radius 3 is 2.76 bits per heavy atom. The Hall–Kier alpha value is -3.04. The number of H-pyrrole nitrogens is 1. The van der Waals surface area contributed by atoms with Gasteiger partial charge in [0.25, 0.3) is 5.91 Å². The molecule has 1 aliphatic heterocycles. The summed E-state index contributed by atoms with van der Waals surface area (Å²) in [6.45, 7) is 0.678. The van der Waals surface area contributed by atoms with E-state index < -0.39 is 35.5 Å². The number of imidazole rings is 1. The number of aromatic nitrogens is 2. The molecule has 2 aromatic rings. The second kappa shape index (κ2) is 5.80. The van der Waals surface area contributed by atoms with E-state index in [1.807, 2.05) is 0 Å². The molecule has 0 spiro atoms. The first-order valence-corrected chi connectivity index (χ1v) is 7.47. The van der Waals surface area contributed by atoms with Gasteiger partial charge in [-0.05, 0) is 18.6 Å². The Labute approximate surface area is 140 Å². The number of fused-ring (bicyclic) bond motifs is 1. The van der Waals surface area contributed by atoms with E-state index in [1.54, 1.807) is 0 Å². The number of hydrogen-bond acceptors (Lipinski definition) is 5. The maximum Gasteiger partial charge on any atom is 0.301 e. The van der Waals surface area contributed by atoms with E-state index in [0.29, 0.717) is 6.92 Å². The third kappa shape index (κ3) is 3.28. The summed E-state index contributed by atoms with van der Waals surface area (Å²) < 4.78 is 27.0. The van der Waals surface area contributed by atoms with Crippen molar-refractivity contribution >= 4 is 34.4 Å². The number of nitrogen functional groups attached to an aromatic ring is 1. The molecule has 0 radical (unpaired) electrons. The molecule has 10 heteroatoms. The first kappa shape index (κ1) is 16.8. The molecule has 1 atom stereocenters. The minimum absolute atomic E-state index is 0.0236. The number of aromatic amines is 1. The Morgan fingerprint density at radius 2 is 2.12 bits per heavy atom. The Bertz CT molecular complexity index is 887. The summed E-state index contributed by atoms with van der Waals surface area (Å²) in [7, 11) is 0. The molecule has 132 valence electrons. The largest absolute Gasteiger partial charge is 0.399 e. The fraction of sp³-hybridized carbons (Fsp3) is 0.333. The fourth-order valence-corrected chi connectivity index (χ4v) is 2.59. The van der Waals surface area contributed by atoms with Crippen LogP contribution in [-0.2, 0) is 15.5 Å². The first-order chi connectivity index (χ1) is 11.6. The summed E-state index contributed by atoms with van der Waals surface area (Å²) in [5.41, 5.74) is 6.07. The van der Waals surface area contributed by atoms with Crippen LogP contribution in [0.4, 0.5) is 14.5 Å². The van der Waals surface area contributed by atoms with Gasteiger partial charge in [-0.25, -0.2) is 4.98 Å². The number of rotatable bonds is 3. The molecule has 1 aliphatic rings. The fourth-order valence-electron chi connectivity index (χ4n) is 2.59. The van der Waals surface area contributed by atoms with Crippen molar-refractivity contribution in [2.24, 2.45) is 0 Å². The van der Waals surface area contributed by atoms with Crippen molar-refractivity contribution in [2.45, 2.75) is 31.7 Å². The lowest BCUT2D eigenvalue weighted by Gasteiger charge is -2.21. The van der Waals surface area contributed by atoms with Crippen LogP contribution in [0.1, 0.15) is 35.9 Å². The van der Waals surface area contributed by atoms with Gasteiger partial charge in [-0.2, -0.15) is 8.78 Å². The zero-order valence-corrected chi connectivity index (χ0v) is 13.2. The average Bonchev–Trinajstić information content (AvgIpc) is 2.93. The van der Waals surface area contributed by atoms with Crippen molar-refractivity contribution in [3.05, 3.63) is 23.5 Å². The second-order valence-electron chi connectivity index (χ2n) is 5.92. The number of amides is 3. The number of hydrogen-bond donors (Lipinski definition) is 4. The van der Waals surface area contributed by atoms with Crippen molar-refractivity contribution in [1.82, 2.24) is 20.6 Å². The molecule has 0 saturated carbocycles. The van der Waals surface area contributed by atoms with E-state index in [1.165, 1.54) is 12.1 Å². The highest BCUT2D eigenvalue weighted by Crippen LogP contribution is 2.29. The van der Waals surface area contributed by atoms with Crippen LogP contribution in [0.3, 0.4) is 0 Å².